The Hall–Kier alpha value is -5.68. The summed E-state index contributed by atoms with van der Waals surface area (Å²) in [5, 5.41) is 8.24. The molecule has 5 N–H and O–H groups in total. The first kappa shape index (κ1) is 32.3. The van der Waals surface area contributed by atoms with Gasteiger partial charge < -0.3 is 21.5 Å². The van der Waals surface area contributed by atoms with Gasteiger partial charge in [-0.2, -0.15) is 0 Å². The van der Waals surface area contributed by atoms with Gasteiger partial charge in [0.1, 0.15) is 12.4 Å². The minimum atomic E-state index is 0.0242. The lowest BCUT2D eigenvalue weighted by Gasteiger charge is -2.18. The van der Waals surface area contributed by atoms with Crippen LogP contribution in [-0.2, 0) is 13.2 Å². The molecule has 4 nitrogen and oxygen atoms in total. The summed E-state index contributed by atoms with van der Waals surface area (Å²) in [5.41, 5.74) is 19.1. The lowest BCUT2D eigenvalue weighted by atomic mass is 9.97. The van der Waals surface area contributed by atoms with E-state index in [4.69, 9.17) is 10.5 Å². The van der Waals surface area contributed by atoms with Crippen molar-refractivity contribution in [1.29, 1.82) is 0 Å². The molecule has 0 amide bonds. The molecule has 7 aromatic carbocycles. The number of rotatable bonds is 10. The molecule has 7 rings (SSSR count). The third-order valence-corrected chi connectivity index (χ3v) is 8.46. The fourth-order valence-corrected chi connectivity index (χ4v) is 6.02. The van der Waals surface area contributed by atoms with Gasteiger partial charge in [-0.15, -0.1) is 0 Å². The Kier molecular flexibility index (Phi) is 10.6. The predicted octanol–water partition coefficient (Wildman–Crippen LogP) is 9.94. The average Bonchev–Trinajstić information content (AvgIpc) is 3.16. The second kappa shape index (κ2) is 15.7. The van der Waals surface area contributed by atoms with Gasteiger partial charge in [-0.1, -0.05) is 152 Å². The van der Waals surface area contributed by atoms with E-state index in [1.54, 1.807) is 0 Å². The van der Waals surface area contributed by atoms with Crippen molar-refractivity contribution < 1.29 is 4.74 Å². The van der Waals surface area contributed by atoms with Crippen LogP contribution >= 0.6 is 0 Å². The van der Waals surface area contributed by atoms with Gasteiger partial charge in [0.05, 0.1) is 11.7 Å². The van der Waals surface area contributed by atoms with Crippen molar-refractivity contribution in [3.63, 3.8) is 0 Å². The van der Waals surface area contributed by atoms with Gasteiger partial charge in [-0.25, -0.2) is 0 Å². The molecule has 0 fully saturated rings. The fraction of sp³-hybridized carbons (Fsp3) is 0.0909. The molecule has 48 heavy (non-hydrogen) atoms. The van der Waals surface area contributed by atoms with Crippen LogP contribution in [0.1, 0.15) is 28.3 Å². The van der Waals surface area contributed by atoms with Gasteiger partial charge >= 0.3 is 0 Å². The van der Waals surface area contributed by atoms with Gasteiger partial charge in [0.15, 0.2) is 0 Å². The highest BCUT2D eigenvalue weighted by Crippen LogP contribution is 2.36. The second-order valence-corrected chi connectivity index (χ2v) is 11.6. The third-order valence-electron chi connectivity index (χ3n) is 8.46. The monoisotopic (exact) mass is 627 g/mol. The normalized spacial score (nSPS) is 11.7. The van der Waals surface area contributed by atoms with Crippen LogP contribution in [-0.4, -0.2) is 7.05 Å². The Balaban J connectivity index is 0.00000197. The smallest absolute Gasteiger partial charge is 0.143 e. The number of nitrogens with one attached hydrogen (secondary N) is 1. The topological polar surface area (TPSA) is 73.3 Å². The minimum absolute atomic E-state index is 0.0242. The molecule has 0 radical (unpaired) electrons. The number of nitrogen functional groups attached to an aromatic ring is 1. The average molecular weight is 628 g/mol. The number of hydrogen-bond donors (Lipinski definition) is 3. The Morgan fingerprint density at radius 1 is 0.625 bits per heavy atom. The Labute approximate surface area is 283 Å². The van der Waals surface area contributed by atoms with E-state index in [1.165, 1.54) is 34.9 Å². The molecule has 0 saturated heterocycles. The molecule has 0 aliphatic carbocycles. The summed E-state index contributed by atoms with van der Waals surface area (Å²) < 4.78 is 6.16. The summed E-state index contributed by atoms with van der Waals surface area (Å²) in [6.45, 7) is 1.19. The van der Waals surface area contributed by atoms with Crippen molar-refractivity contribution >= 4 is 33.3 Å². The zero-order valence-electron chi connectivity index (χ0n) is 27.2. The Morgan fingerprint density at radius 3 is 2.06 bits per heavy atom. The maximum absolute atomic E-state index is 6.74. The zero-order valence-corrected chi connectivity index (χ0v) is 27.2. The van der Waals surface area contributed by atoms with E-state index in [2.05, 4.69) is 151 Å². The van der Waals surface area contributed by atoms with E-state index >= 15 is 0 Å². The molecule has 0 bridgehead atoms. The Bertz CT molecular complexity index is 2110. The zero-order chi connectivity index (χ0) is 33.1. The highest BCUT2D eigenvalue weighted by Gasteiger charge is 2.13. The minimum Gasteiger partial charge on any atom is -0.487 e. The molecule has 0 spiro atoms. The summed E-state index contributed by atoms with van der Waals surface area (Å²) in [7, 11) is 1.50. The van der Waals surface area contributed by atoms with E-state index in [1.807, 2.05) is 30.3 Å². The van der Waals surface area contributed by atoms with E-state index in [9.17, 15) is 0 Å². The fourth-order valence-electron chi connectivity index (χ4n) is 6.02. The Morgan fingerprint density at radius 2 is 1.29 bits per heavy atom. The van der Waals surface area contributed by atoms with Crippen LogP contribution < -0.4 is 21.5 Å². The maximum atomic E-state index is 6.74. The lowest BCUT2D eigenvalue weighted by Crippen LogP contribution is -2.19. The number of hydrogen-bond acceptors (Lipinski definition) is 4. The molecule has 0 aromatic heterocycles. The lowest BCUT2D eigenvalue weighted by molar-refractivity contribution is 0.308. The molecule has 1 atom stereocenters. The molecule has 0 aliphatic rings. The molecule has 0 saturated carbocycles. The molecular formula is C44H41N3O. The predicted molar refractivity (Wildman–Crippen MR) is 204 cm³/mol. The van der Waals surface area contributed by atoms with Gasteiger partial charge in [0.2, 0.25) is 0 Å². The van der Waals surface area contributed by atoms with Crippen LogP contribution in [0.15, 0.2) is 164 Å². The summed E-state index contributed by atoms with van der Waals surface area (Å²) in [5.74, 6) is 0.709. The summed E-state index contributed by atoms with van der Waals surface area (Å²) in [6.07, 6.45) is 4.45. The summed E-state index contributed by atoms with van der Waals surface area (Å²) >= 11 is 0. The summed E-state index contributed by atoms with van der Waals surface area (Å²) in [4.78, 5) is 0. The molecule has 238 valence electrons. The van der Waals surface area contributed by atoms with Crippen molar-refractivity contribution in [2.45, 2.75) is 19.2 Å². The van der Waals surface area contributed by atoms with Gasteiger partial charge in [0, 0.05) is 11.9 Å². The van der Waals surface area contributed by atoms with E-state index in [0.717, 1.165) is 27.1 Å². The van der Waals surface area contributed by atoms with Gasteiger partial charge in [-0.05, 0) is 74.8 Å². The van der Waals surface area contributed by atoms with E-state index < -0.39 is 0 Å². The van der Waals surface area contributed by atoms with Crippen LogP contribution in [0.3, 0.4) is 0 Å². The molecule has 0 heterocycles. The van der Waals surface area contributed by atoms with Crippen molar-refractivity contribution in [3.8, 4) is 16.9 Å². The highest BCUT2D eigenvalue weighted by atomic mass is 16.5. The second-order valence-electron chi connectivity index (χ2n) is 11.6. The highest BCUT2D eigenvalue weighted by molar-refractivity contribution is 6.14. The molecule has 4 heteroatoms. The van der Waals surface area contributed by atoms with Crippen molar-refractivity contribution in [2.75, 3.05) is 12.8 Å². The van der Waals surface area contributed by atoms with Crippen LogP contribution in [0.2, 0.25) is 0 Å². The van der Waals surface area contributed by atoms with E-state index in [-0.39, 0.29) is 6.04 Å². The first-order valence-electron chi connectivity index (χ1n) is 16.3. The summed E-state index contributed by atoms with van der Waals surface area (Å²) in [6, 6.07) is 55.0. The quantitative estimate of drug-likeness (QED) is 0.104. The van der Waals surface area contributed by atoms with Crippen LogP contribution in [0.25, 0.3) is 38.7 Å². The largest absolute Gasteiger partial charge is 0.487 e. The molecule has 7 aromatic rings. The molecule has 1 unspecified atom stereocenters. The molecule has 0 aliphatic heterocycles. The SMILES string of the molecule is CN.Nc1c(OCc2ccccc2)ccc2ccc3cc(CNC(/C=C/c4ccccc4)c4cccc(-c5ccccc5)c4)ccc3c12. The number of ether oxygens (including phenoxy) is 1. The van der Waals surface area contributed by atoms with Crippen molar-refractivity contribution in [1.82, 2.24) is 5.32 Å². The van der Waals surface area contributed by atoms with E-state index in [0.29, 0.717) is 24.6 Å². The standard InChI is InChI=1S/C43H36N2O.CH5N/c44-43-41(46-30-32-13-6-2-7-14-32)26-23-35-21-22-37-27-33(19-24-39(37)42(35)43)29-45-40(25-20-31-11-4-1-5-12-31)38-18-10-17-36(28-38)34-15-8-3-9-16-34;1-2/h1-28,40,45H,29-30,44H2;2H2,1H3/b25-20+;. The number of anilines is 1. The number of nitrogens with two attached hydrogens (primary N) is 2. The molecular weight excluding hydrogens is 587 g/mol. The number of benzene rings is 7. The first-order chi connectivity index (χ1) is 23.7. The van der Waals surface area contributed by atoms with Crippen molar-refractivity contribution in [3.05, 3.63) is 186 Å². The maximum Gasteiger partial charge on any atom is 0.143 e. The van der Waals surface area contributed by atoms with Crippen LogP contribution in [0.4, 0.5) is 5.69 Å². The van der Waals surface area contributed by atoms with Gasteiger partial charge in [-0.3, -0.25) is 0 Å². The van der Waals surface area contributed by atoms with Crippen LogP contribution in [0.5, 0.6) is 5.75 Å². The number of fused-ring (bicyclic) bond motifs is 3. The van der Waals surface area contributed by atoms with Gasteiger partial charge in [0.25, 0.3) is 0 Å². The van der Waals surface area contributed by atoms with Crippen molar-refractivity contribution in [2.24, 2.45) is 5.73 Å². The third kappa shape index (κ3) is 7.64. The first-order valence-corrected chi connectivity index (χ1v) is 16.3. The van der Waals surface area contributed by atoms with Crippen LogP contribution in [0, 0.1) is 0 Å².